The van der Waals surface area contributed by atoms with Gasteiger partial charge in [-0.25, -0.2) is 0 Å². The lowest BCUT2D eigenvalue weighted by atomic mass is 9.89. The zero-order valence-corrected chi connectivity index (χ0v) is 12.2. The van der Waals surface area contributed by atoms with Crippen LogP contribution in [0.3, 0.4) is 0 Å². The van der Waals surface area contributed by atoms with Gasteiger partial charge in [0.05, 0.1) is 7.11 Å². The van der Waals surface area contributed by atoms with Gasteiger partial charge in [0.15, 0.2) is 0 Å². The second kappa shape index (κ2) is 7.39. The first kappa shape index (κ1) is 15.0. The molecule has 3 heteroatoms. The van der Waals surface area contributed by atoms with Gasteiger partial charge in [-0.2, -0.15) is 0 Å². The van der Waals surface area contributed by atoms with Crippen molar-refractivity contribution in [2.24, 2.45) is 5.92 Å². The van der Waals surface area contributed by atoms with Crippen LogP contribution in [-0.2, 0) is 6.54 Å². The van der Waals surface area contributed by atoms with Crippen LogP contribution in [0.25, 0.3) is 0 Å². The predicted molar refractivity (Wildman–Crippen MR) is 77.0 cm³/mol. The van der Waals surface area contributed by atoms with Gasteiger partial charge in [-0.1, -0.05) is 26.3 Å². The lowest BCUT2D eigenvalue weighted by Crippen LogP contribution is -2.25. The van der Waals surface area contributed by atoms with Crippen LogP contribution < -0.4 is 15.4 Å². The fourth-order valence-corrected chi connectivity index (χ4v) is 2.32. The summed E-state index contributed by atoms with van der Waals surface area (Å²) in [5.74, 6) is 1.52. The molecule has 18 heavy (non-hydrogen) atoms. The molecule has 2 unspecified atom stereocenters. The summed E-state index contributed by atoms with van der Waals surface area (Å²) in [5.41, 5.74) is 2.67. The van der Waals surface area contributed by atoms with E-state index >= 15 is 0 Å². The summed E-state index contributed by atoms with van der Waals surface area (Å²) in [6, 6.07) is 6.70. The Hall–Kier alpha value is -1.06. The van der Waals surface area contributed by atoms with Crippen molar-refractivity contribution < 1.29 is 4.74 Å². The molecular formula is C15H26N2O. The third kappa shape index (κ3) is 3.47. The molecule has 0 saturated carbocycles. The highest BCUT2D eigenvalue weighted by molar-refractivity contribution is 5.38. The molecular weight excluding hydrogens is 224 g/mol. The molecule has 0 fully saturated rings. The van der Waals surface area contributed by atoms with Gasteiger partial charge in [0.25, 0.3) is 0 Å². The Kier molecular flexibility index (Phi) is 6.16. The number of hydrogen-bond acceptors (Lipinski definition) is 3. The Morgan fingerprint density at radius 1 is 1.28 bits per heavy atom. The van der Waals surface area contributed by atoms with Gasteiger partial charge in [-0.3, -0.25) is 0 Å². The highest BCUT2D eigenvalue weighted by atomic mass is 16.5. The van der Waals surface area contributed by atoms with E-state index in [4.69, 9.17) is 4.74 Å². The maximum absolute atomic E-state index is 5.35. The van der Waals surface area contributed by atoms with Gasteiger partial charge in [0, 0.05) is 12.6 Å². The topological polar surface area (TPSA) is 33.3 Å². The standard InChI is InChI=1S/C15H26N2O/c1-6-11(2)15(17-4)14-9-13(18-5)8-7-12(14)10-16-3/h7-9,11,15-17H,6,10H2,1-5H3. The molecule has 0 amide bonds. The summed E-state index contributed by atoms with van der Waals surface area (Å²) in [7, 11) is 5.72. The van der Waals surface area contributed by atoms with Gasteiger partial charge in [0.1, 0.15) is 5.75 Å². The van der Waals surface area contributed by atoms with Crippen LogP contribution in [0.1, 0.15) is 37.4 Å². The van der Waals surface area contributed by atoms with Crippen molar-refractivity contribution in [3.63, 3.8) is 0 Å². The highest BCUT2D eigenvalue weighted by Gasteiger charge is 2.19. The van der Waals surface area contributed by atoms with Crippen molar-refractivity contribution in [1.82, 2.24) is 10.6 Å². The van der Waals surface area contributed by atoms with E-state index in [0.717, 1.165) is 18.7 Å². The molecule has 2 atom stereocenters. The van der Waals surface area contributed by atoms with Gasteiger partial charge in [-0.15, -0.1) is 0 Å². The van der Waals surface area contributed by atoms with Crippen LogP contribution in [0.4, 0.5) is 0 Å². The van der Waals surface area contributed by atoms with Crippen LogP contribution in [0.15, 0.2) is 18.2 Å². The van der Waals surface area contributed by atoms with E-state index in [1.807, 2.05) is 20.2 Å². The van der Waals surface area contributed by atoms with Crippen molar-refractivity contribution in [3.8, 4) is 5.75 Å². The summed E-state index contributed by atoms with van der Waals surface area (Å²) >= 11 is 0. The minimum atomic E-state index is 0.369. The molecule has 0 aliphatic carbocycles. The summed E-state index contributed by atoms with van der Waals surface area (Å²) < 4.78 is 5.35. The number of ether oxygens (including phenoxy) is 1. The van der Waals surface area contributed by atoms with Crippen molar-refractivity contribution >= 4 is 0 Å². The fourth-order valence-electron chi connectivity index (χ4n) is 2.32. The smallest absolute Gasteiger partial charge is 0.119 e. The number of rotatable bonds is 7. The summed E-state index contributed by atoms with van der Waals surface area (Å²) in [4.78, 5) is 0. The molecule has 0 aliphatic rings. The fraction of sp³-hybridized carbons (Fsp3) is 0.600. The zero-order valence-electron chi connectivity index (χ0n) is 12.2. The molecule has 1 rings (SSSR count). The Morgan fingerprint density at radius 3 is 2.50 bits per heavy atom. The lowest BCUT2D eigenvalue weighted by molar-refractivity contribution is 0.389. The first-order chi connectivity index (χ1) is 8.67. The third-order valence-electron chi connectivity index (χ3n) is 3.58. The van der Waals surface area contributed by atoms with Crippen LogP contribution in [0, 0.1) is 5.92 Å². The van der Waals surface area contributed by atoms with Crippen molar-refractivity contribution in [1.29, 1.82) is 0 Å². The van der Waals surface area contributed by atoms with Crippen LogP contribution in [0.5, 0.6) is 5.75 Å². The van der Waals surface area contributed by atoms with E-state index in [1.54, 1.807) is 7.11 Å². The largest absolute Gasteiger partial charge is 0.497 e. The molecule has 2 N–H and O–H groups in total. The molecule has 0 aromatic heterocycles. The minimum absolute atomic E-state index is 0.369. The van der Waals surface area contributed by atoms with Crippen molar-refractivity contribution in [3.05, 3.63) is 29.3 Å². The average molecular weight is 250 g/mol. The molecule has 0 saturated heterocycles. The summed E-state index contributed by atoms with van der Waals surface area (Å²) in [6.07, 6.45) is 1.15. The monoisotopic (exact) mass is 250 g/mol. The van der Waals surface area contributed by atoms with Gasteiger partial charge < -0.3 is 15.4 Å². The van der Waals surface area contributed by atoms with Gasteiger partial charge >= 0.3 is 0 Å². The van der Waals surface area contributed by atoms with Crippen molar-refractivity contribution in [2.45, 2.75) is 32.9 Å². The molecule has 1 aromatic rings. The molecule has 0 spiro atoms. The van der Waals surface area contributed by atoms with Gasteiger partial charge in [-0.05, 0) is 43.3 Å². The molecule has 3 nitrogen and oxygen atoms in total. The van der Waals surface area contributed by atoms with E-state index in [1.165, 1.54) is 11.1 Å². The minimum Gasteiger partial charge on any atom is -0.497 e. The Bertz CT molecular complexity index is 366. The number of hydrogen-bond donors (Lipinski definition) is 2. The van der Waals surface area contributed by atoms with E-state index < -0.39 is 0 Å². The average Bonchev–Trinajstić information content (AvgIpc) is 2.41. The molecule has 0 aliphatic heterocycles. The maximum atomic E-state index is 5.35. The predicted octanol–water partition coefficient (Wildman–Crippen LogP) is 2.72. The number of benzene rings is 1. The zero-order chi connectivity index (χ0) is 13.5. The number of methoxy groups -OCH3 is 1. The maximum Gasteiger partial charge on any atom is 0.119 e. The summed E-state index contributed by atoms with van der Waals surface area (Å²) in [6.45, 7) is 5.39. The molecule has 1 aromatic carbocycles. The lowest BCUT2D eigenvalue weighted by Gasteiger charge is -2.26. The second-order valence-corrected chi connectivity index (χ2v) is 4.75. The van der Waals surface area contributed by atoms with Crippen LogP contribution >= 0.6 is 0 Å². The Labute approximate surface area is 111 Å². The van der Waals surface area contributed by atoms with E-state index in [9.17, 15) is 0 Å². The summed E-state index contributed by atoms with van der Waals surface area (Å²) in [5, 5.41) is 6.67. The quantitative estimate of drug-likeness (QED) is 0.780. The first-order valence-electron chi connectivity index (χ1n) is 6.66. The Balaban J connectivity index is 3.14. The second-order valence-electron chi connectivity index (χ2n) is 4.75. The highest BCUT2D eigenvalue weighted by Crippen LogP contribution is 2.29. The molecule has 0 bridgehead atoms. The number of nitrogens with one attached hydrogen (secondary N) is 2. The SMILES string of the molecule is CCC(C)C(NC)c1cc(OC)ccc1CNC. The van der Waals surface area contributed by atoms with Gasteiger partial charge in [0.2, 0.25) is 0 Å². The van der Waals surface area contributed by atoms with E-state index in [2.05, 4.69) is 36.6 Å². The normalized spacial score (nSPS) is 14.3. The van der Waals surface area contributed by atoms with E-state index in [0.29, 0.717) is 12.0 Å². The Morgan fingerprint density at radius 2 is 2.00 bits per heavy atom. The third-order valence-corrected chi connectivity index (χ3v) is 3.58. The van der Waals surface area contributed by atoms with Crippen molar-refractivity contribution in [2.75, 3.05) is 21.2 Å². The molecule has 0 heterocycles. The molecule has 0 radical (unpaired) electrons. The van der Waals surface area contributed by atoms with E-state index in [-0.39, 0.29) is 0 Å². The van der Waals surface area contributed by atoms with Crippen LogP contribution in [0.2, 0.25) is 0 Å². The van der Waals surface area contributed by atoms with Crippen LogP contribution in [-0.4, -0.2) is 21.2 Å². The first-order valence-corrected chi connectivity index (χ1v) is 6.66. The molecule has 102 valence electrons.